The summed E-state index contributed by atoms with van der Waals surface area (Å²) in [4.78, 5) is 11.8. The molecule has 1 saturated carbocycles. The zero-order valence-corrected chi connectivity index (χ0v) is 10.8. The van der Waals surface area contributed by atoms with E-state index in [-0.39, 0.29) is 19.1 Å². The van der Waals surface area contributed by atoms with E-state index in [0.29, 0.717) is 30.0 Å². The van der Waals surface area contributed by atoms with Crippen LogP contribution in [0.15, 0.2) is 18.2 Å². The van der Waals surface area contributed by atoms with Crippen LogP contribution in [-0.2, 0) is 4.79 Å². The number of benzene rings is 1. The molecule has 4 N–H and O–H groups in total. The van der Waals surface area contributed by atoms with Gasteiger partial charge in [0.15, 0.2) is 11.5 Å². The molecule has 1 aliphatic carbocycles. The average Bonchev–Trinajstić information content (AvgIpc) is 3.16. The van der Waals surface area contributed by atoms with Crippen molar-refractivity contribution in [1.29, 1.82) is 0 Å². The Morgan fingerprint density at radius 1 is 1.47 bits per heavy atom. The zero-order valence-electron chi connectivity index (χ0n) is 10.8. The number of carbonyl (C=O) groups is 1. The molecule has 0 radical (unpaired) electrons. The minimum Gasteiger partial charge on any atom is -0.493 e. The largest absolute Gasteiger partial charge is 0.493 e. The summed E-state index contributed by atoms with van der Waals surface area (Å²) >= 11 is 0. The van der Waals surface area contributed by atoms with Crippen LogP contribution < -0.4 is 20.5 Å². The number of methoxy groups -OCH3 is 1. The summed E-state index contributed by atoms with van der Waals surface area (Å²) in [6.07, 6.45) is 1.42. The highest BCUT2D eigenvalue weighted by molar-refractivity contribution is 6.00. The van der Waals surface area contributed by atoms with Crippen molar-refractivity contribution in [2.45, 2.75) is 18.4 Å². The van der Waals surface area contributed by atoms with E-state index < -0.39 is 5.54 Å². The summed E-state index contributed by atoms with van der Waals surface area (Å²) in [7, 11) is 1.53. The molecule has 2 rings (SSSR count). The van der Waals surface area contributed by atoms with Crippen molar-refractivity contribution in [2.75, 3.05) is 25.6 Å². The number of amides is 1. The van der Waals surface area contributed by atoms with E-state index in [9.17, 15) is 4.79 Å². The lowest BCUT2D eigenvalue weighted by atomic mass is 10.2. The summed E-state index contributed by atoms with van der Waals surface area (Å²) in [5.41, 5.74) is 5.69. The first-order chi connectivity index (χ1) is 9.09. The summed E-state index contributed by atoms with van der Waals surface area (Å²) in [5.74, 6) is 0.822. The zero-order chi connectivity index (χ0) is 13.9. The molecule has 0 unspecified atom stereocenters. The third-order valence-electron chi connectivity index (χ3n) is 3.01. The number of anilines is 1. The van der Waals surface area contributed by atoms with Crippen molar-refractivity contribution in [2.24, 2.45) is 5.73 Å². The number of aliphatic hydroxyl groups is 1. The molecule has 6 nitrogen and oxygen atoms in total. The van der Waals surface area contributed by atoms with Gasteiger partial charge in [-0.25, -0.2) is 0 Å². The van der Waals surface area contributed by atoms with Gasteiger partial charge in [-0.15, -0.1) is 0 Å². The minimum absolute atomic E-state index is 0.0916. The van der Waals surface area contributed by atoms with Crippen LogP contribution in [0.4, 0.5) is 5.69 Å². The highest BCUT2D eigenvalue weighted by atomic mass is 16.5. The fourth-order valence-corrected chi connectivity index (χ4v) is 1.64. The van der Waals surface area contributed by atoms with Gasteiger partial charge in [-0.2, -0.15) is 0 Å². The van der Waals surface area contributed by atoms with Crippen LogP contribution in [0.5, 0.6) is 11.5 Å². The number of hydrogen-bond donors (Lipinski definition) is 3. The number of rotatable bonds is 6. The van der Waals surface area contributed by atoms with Gasteiger partial charge in [-0.3, -0.25) is 4.79 Å². The lowest BCUT2D eigenvalue weighted by Gasteiger charge is -2.14. The van der Waals surface area contributed by atoms with Crippen LogP contribution in [-0.4, -0.2) is 36.9 Å². The molecular weight excluding hydrogens is 248 g/mol. The van der Waals surface area contributed by atoms with Gasteiger partial charge in [0.05, 0.1) is 19.3 Å². The summed E-state index contributed by atoms with van der Waals surface area (Å²) in [5, 5.41) is 11.5. The first kappa shape index (κ1) is 13.6. The van der Waals surface area contributed by atoms with Crippen molar-refractivity contribution in [3.63, 3.8) is 0 Å². The first-order valence-electron chi connectivity index (χ1n) is 6.11. The van der Waals surface area contributed by atoms with Crippen LogP contribution in [0.3, 0.4) is 0 Å². The second-order valence-corrected chi connectivity index (χ2v) is 4.55. The first-order valence-corrected chi connectivity index (χ1v) is 6.11. The second-order valence-electron chi connectivity index (χ2n) is 4.55. The number of aliphatic hydroxyl groups excluding tert-OH is 1. The molecule has 19 heavy (non-hydrogen) atoms. The fourth-order valence-electron chi connectivity index (χ4n) is 1.64. The van der Waals surface area contributed by atoms with Crippen LogP contribution in [0, 0.1) is 0 Å². The standard InChI is InChI=1S/C13H18N2O4/c1-18-10-3-2-9(8-11(10)19-7-6-16)15-12(17)13(14)4-5-13/h2-3,8,16H,4-7,14H2,1H3,(H,15,17). The number of carbonyl (C=O) groups excluding carboxylic acids is 1. The van der Waals surface area contributed by atoms with Crippen molar-refractivity contribution in [3.8, 4) is 11.5 Å². The number of hydrogen-bond acceptors (Lipinski definition) is 5. The van der Waals surface area contributed by atoms with Crippen LogP contribution in [0.25, 0.3) is 0 Å². The van der Waals surface area contributed by atoms with Gasteiger partial charge in [-0.05, 0) is 25.0 Å². The Morgan fingerprint density at radius 2 is 2.21 bits per heavy atom. The molecule has 1 amide bonds. The third kappa shape index (κ3) is 3.15. The van der Waals surface area contributed by atoms with Gasteiger partial charge >= 0.3 is 0 Å². The fraction of sp³-hybridized carbons (Fsp3) is 0.462. The molecule has 0 aliphatic heterocycles. The maximum absolute atomic E-state index is 11.8. The number of nitrogens with one attached hydrogen (secondary N) is 1. The van der Waals surface area contributed by atoms with E-state index in [1.54, 1.807) is 18.2 Å². The maximum atomic E-state index is 11.8. The van der Waals surface area contributed by atoms with E-state index >= 15 is 0 Å². The highest BCUT2D eigenvalue weighted by Crippen LogP contribution is 2.35. The van der Waals surface area contributed by atoms with Gasteiger partial charge in [0, 0.05) is 11.8 Å². The minimum atomic E-state index is -0.716. The SMILES string of the molecule is COc1ccc(NC(=O)C2(N)CC2)cc1OCCO. The molecule has 1 aromatic carbocycles. The molecule has 0 atom stereocenters. The Kier molecular flexibility index (Phi) is 3.92. The van der Waals surface area contributed by atoms with Crippen molar-refractivity contribution in [3.05, 3.63) is 18.2 Å². The predicted molar refractivity (Wildman–Crippen MR) is 70.4 cm³/mol. The Morgan fingerprint density at radius 3 is 2.79 bits per heavy atom. The summed E-state index contributed by atoms with van der Waals surface area (Å²) in [6, 6.07) is 5.06. The molecule has 1 fully saturated rings. The van der Waals surface area contributed by atoms with Gasteiger partial charge < -0.3 is 25.6 Å². The van der Waals surface area contributed by atoms with Gasteiger partial charge in [0.25, 0.3) is 0 Å². The molecule has 1 aliphatic rings. The second kappa shape index (κ2) is 5.46. The predicted octanol–water partition coefficient (Wildman–Crippen LogP) is 0.496. The maximum Gasteiger partial charge on any atom is 0.244 e. The molecular formula is C13H18N2O4. The molecule has 0 saturated heterocycles. The highest BCUT2D eigenvalue weighted by Gasteiger charge is 2.45. The van der Waals surface area contributed by atoms with Gasteiger partial charge in [-0.1, -0.05) is 0 Å². The molecule has 0 aromatic heterocycles. The molecule has 0 heterocycles. The monoisotopic (exact) mass is 266 g/mol. The molecule has 6 heteroatoms. The number of nitrogens with two attached hydrogens (primary N) is 1. The van der Waals surface area contributed by atoms with E-state index in [2.05, 4.69) is 5.32 Å². The molecule has 1 aromatic rings. The Bertz CT molecular complexity index is 472. The van der Waals surface area contributed by atoms with Gasteiger partial charge in [0.1, 0.15) is 6.61 Å². The van der Waals surface area contributed by atoms with Crippen LogP contribution in [0.2, 0.25) is 0 Å². The summed E-state index contributed by atoms with van der Waals surface area (Å²) in [6.45, 7) is 0.0697. The van der Waals surface area contributed by atoms with Crippen LogP contribution >= 0.6 is 0 Å². The third-order valence-corrected chi connectivity index (χ3v) is 3.01. The van der Waals surface area contributed by atoms with E-state index in [4.69, 9.17) is 20.3 Å². The normalized spacial score (nSPS) is 15.7. The summed E-state index contributed by atoms with van der Waals surface area (Å²) < 4.78 is 10.5. The van der Waals surface area contributed by atoms with E-state index in [1.807, 2.05) is 0 Å². The molecule has 104 valence electrons. The Balaban J connectivity index is 2.10. The van der Waals surface area contributed by atoms with E-state index in [0.717, 1.165) is 0 Å². The van der Waals surface area contributed by atoms with Crippen molar-refractivity contribution in [1.82, 2.24) is 0 Å². The molecule has 0 bridgehead atoms. The van der Waals surface area contributed by atoms with Crippen LogP contribution in [0.1, 0.15) is 12.8 Å². The Labute approximate surface area is 111 Å². The Hall–Kier alpha value is -1.79. The quantitative estimate of drug-likeness (QED) is 0.697. The molecule has 0 spiro atoms. The topological polar surface area (TPSA) is 93.8 Å². The lowest BCUT2D eigenvalue weighted by molar-refractivity contribution is -0.118. The van der Waals surface area contributed by atoms with Crippen molar-refractivity contribution >= 4 is 11.6 Å². The van der Waals surface area contributed by atoms with Crippen molar-refractivity contribution < 1.29 is 19.4 Å². The van der Waals surface area contributed by atoms with Gasteiger partial charge in [0.2, 0.25) is 5.91 Å². The smallest absolute Gasteiger partial charge is 0.244 e. The average molecular weight is 266 g/mol. The lowest BCUT2D eigenvalue weighted by Crippen LogP contribution is -2.37. The number of ether oxygens (including phenoxy) is 2. The van der Waals surface area contributed by atoms with E-state index in [1.165, 1.54) is 7.11 Å².